The fraction of sp³-hybridized carbons (Fsp3) is 0.486. The van der Waals surface area contributed by atoms with Crippen molar-refractivity contribution in [2.75, 3.05) is 6.61 Å². The van der Waals surface area contributed by atoms with Crippen molar-refractivity contribution in [1.29, 1.82) is 10.8 Å². The summed E-state index contributed by atoms with van der Waals surface area (Å²) in [5, 5.41) is 30.4. The van der Waals surface area contributed by atoms with E-state index in [9.17, 15) is 14.4 Å². The van der Waals surface area contributed by atoms with E-state index in [0.29, 0.717) is 30.8 Å². The van der Waals surface area contributed by atoms with Gasteiger partial charge in [-0.05, 0) is 59.1 Å². The number of amidine groups is 2. The third kappa shape index (κ3) is 24.7. The average molecular weight is 687 g/mol. The molecule has 0 atom stereocenters. The molecule has 2 aromatic rings. The number of aliphatic carboxylic acids is 1. The summed E-state index contributed by atoms with van der Waals surface area (Å²) in [7, 11) is 0. The molecular weight excluding hydrogens is 632 g/mol. The third-order valence-corrected chi connectivity index (χ3v) is 5.64. The van der Waals surface area contributed by atoms with Crippen molar-refractivity contribution in [3.63, 3.8) is 0 Å². The molecule has 0 saturated carbocycles. The van der Waals surface area contributed by atoms with Crippen LogP contribution in [0, 0.1) is 10.8 Å². The number of nitrogen functional groups attached to an aromatic ring is 1. The molecule has 0 aliphatic rings. The van der Waals surface area contributed by atoms with Crippen LogP contribution in [0.5, 0.6) is 0 Å². The first-order chi connectivity index (χ1) is 22.7. The van der Waals surface area contributed by atoms with Crippen LogP contribution in [0.15, 0.2) is 48.5 Å². The molecule has 0 heterocycles. The highest BCUT2D eigenvalue weighted by atomic mass is 16.6. The zero-order chi connectivity index (χ0) is 37.6. The zero-order valence-electron chi connectivity index (χ0n) is 30.0. The largest absolute Gasteiger partial charge is 0.481 e. The molecule has 8 N–H and O–H groups in total. The van der Waals surface area contributed by atoms with Crippen LogP contribution in [0.25, 0.3) is 0 Å². The normalized spacial score (nSPS) is 10.4. The number of alkyl carbamates (subject to hydrolysis) is 3. The van der Waals surface area contributed by atoms with Gasteiger partial charge in [-0.1, -0.05) is 74.7 Å². The third-order valence-electron chi connectivity index (χ3n) is 5.64. The van der Waals surface area contributed by atoms with Crippen molar-refractivity contribution in [3.8, 4) is 0 Å². The molecular formula is C35H54N6O8. The molecule has 0 aromatic heterocycles. The summed E-state index contributed by atoms with van der Waals surface area (Å²) in [6, 6.07) is 14.1. The van der Waals surface area contributed by atoms with Crippen LogP contribution in [0.4, 0.5) is 14.4 Å². The molecule has 0 unspecified atom stereocenters. The van der Waals surface area contributed by atoms with E-state index in [1.54, 1.807) is 57.2 Å². The van der Waals surface area contributed by atoms with Crippen LogP contribution in [0.3, 0.4) is 0 Å². The topological polar surface area (TPSA) is 226 Å². The predicted octanol–water partition coefficient (Wildman–Crippen LogP) is 6.43. The standard InChI is InChI=1S/C20H31N3O4.C13H19N3O2.C2H4O2/c1-5-6-7-8-13-26-19(25)23-17(21)16-11-9-15(10-12-16)14-22-18(24)27-20(2,3)4;1-13(2,3)18-12(17)16-8-9-4-6-10(7-5-9)11(14)15;1-2(3)4/h9-12H,5-8,13-14H2,1-4H3,(H,22,24)(H2,21,23,25);4-7H,8H2,1-3H3,(H3,14,15)(H,16,17);1H3,(H,3,4). The first-order valence-corrected chi connectivity index (χ1v) is 15.9. The van der Waals surface area contributed by atoms with Gasteiger partial charge in [0, 0.05) is 31.1 Å². The Bertz CT molecular complexity index is 1340. The number of nitrogens with two attached hydrogens (primary N) is 1. The fourth-order valence-electron chi connectivity index (χ4n) is 3.47. The van der Waals surface area contributed by atoms with Gasteiger partial charge in [0.25, 0.3) is 5.97 Å². The molecule has 2 rings (SSSR count). The Labute approximate surface area is 289 Å². The van der Waals surface area contributed by atoms with Gasteiger partial charge in [-0.15, -0.1) is 0 Å². The molecule has 14 heteroatoms. The molecule has 0 fully saturated rings. The number of benzene rings is 2. The lowest BCUT2D eigenvalue weighted by Crippen LogP contribution is -2.32. The lowest BCUT2D eigenvalue weighted by molar-refractivity contribution is -0.134. The van der Waals surface area contributed by atoms with Gasteiger partial charge >= 0.3 is 18.3 Å². The van der Waals surface area contributed by atoms with Gasteiger partial charge in [-0.3, -0.25) is 20.9 Å². The van der Waals surface area contributed by atoms with E-state index in [2.05, 4.69) is 22.9 Å². The van der Waals surface area contributed by atoms with Crippen molar-refractivity contribution in [2.45, 2.75) is 105 Å². The Morgan fingerprint density at radius 2 is 1.12 bits per heavy atom. The van der Waals surface area contributed by atoms with E-state index in [0.717, 1.165) is 43.7 Å². The number of carboxylic acid groups (broad SMARTS) is 1. The number of carboxylic acids is 1. The van der Waals surface area contributed by atoms with Crippen LogP contribution in [0.2, 0.25) is 0 Å². The van der Waals surface area contributed by atoms with E-state index in [1.807, 2.05) is 32.9 Å². The van der Waals surface area contributed by atoms with Crippen LogP contribution >= 0.6 is 0 Å². The van der Waals surface area contributed by atoms with Crippen LogP contribution in [-0.2, 0) is 32.1 Å². The van der Waals surface area contributed by atoms with E-state index < -0.39 is 35.5 Å². The van der Waals surface area contributed by atoms with Gasteiger partial charge in [0.2, 0.25) is 0 Å². The molecule has 3 amide bonds. The number of ether oxygens (including phenoxy) is 3. The van der Waals surface area contributed by atoms with Crippen molar-refractivity contribution in [1.82, 2.24) is 16.0 Å². The number of hydrogen-bond acceptors (Lipinski definition) is 9. The van der Waals surface area contributed by atoms with Crippen LogP contribution in [-0.4, -0.2) is 58.8 Å². The van der Waals surface area contributed by atoms with Gasteiger partial charge in [0.1, 0.15) is 22.9 Å². The van der Waals surface area contributed by atoms with Gasteiger partial charge in [-0.25, -0.2) is 14.4 Å². The van der Waals surface area contributed by atoms with Gasteiger partial charge in [-0.2, -0.15) is 0 Å². The first-order valence-electron chi connectivity index (χ1n) is 15.9. The Balaban J connectivity index is 0.000000900. The Morgan fingerprint density at radius 1 is 0.714 bits per heavy atom. The molecule has 0 saturated heterocycles. The molecule has 0 aliphatic heterocycles. The summed E-state index contributed by atoms with van der Waals surface area (Å²) in [6.45, 7) is 15.1. The van der Waals surface area contributed by atoms with Crippen LogP contribution < -0.4 is 21.7 Å². The average Bonchev–Trinajstić information content (AvgIpc) is 2.97. The maximum Gasteiger partial charge on any atom is 0.412 e. The molecule has 14 nitrogen and oxygen atoms in total. The maximum atomic E-state index is 11.7. The predicted molar refractivity (Wildman–Crippen MR) is 189 cm³/mol. The number of unbranched alkanes of at least 4 members (excludes halogenated alkanes) is 3. The van der Waals surface area contributed by atoms with Gasteiger partial charge in [0.05, 0.1) is 6.61 Å². The van der Waals surface area contributed by atoms with Gasteiger partial charge < -0.3 is 35.7 Å². The molecule has 49 heavy (non-hydrogen) atoms. The van der Waals surface area contributed by atoms with E-state index in [1.165, 1.54) is 0 Å². The summed E-state index contributed by atoms with van der Waals surface area (Å²) >= 11 is 0. The summed E-state index contributed by atoms with van der Waals surface area (Å²) in [5.41, 5.74) is 7.31. The molecule has 0 radical (unpaired) electrons. The van der Waals surface area contributed by atoms with E-state index in [-0.39, 0.29) is 11.7 Å². The van der Waals surface area contributed by atoms with E-state index in [4.69, 9.17) is 40.7 Å². The number of hydrogen-bond donors (Lipinski definition) is 7. The van der Waals surface area contributed by atoms with Gasteiger partial charge in [0.15, 0.2) is 0 Å². The second-order valence-electron chi connectivity index (χ2n) is 12.7. The van der Waals surface area contributed by atoms with Crippen LogP contribution in [0.1, 0.15) is 103 Å². The number of nitrogens with one attached hydrogen (secondary N) is 5. The Morgan fingerprint density at radius 3 is 1.49 bits per heavy atom. The highest BCUT2D eigenvalue weighted by Gasteiger charge is 2.16. The molecule has 0 aliphatic carbocycles. The molecule has 0 bridgehead atoms. The summed E-state index contributed by atoms with van der Waals surface area (Å²) in [6.07, 6.45) is 2.55. The maximum absolute atomic E-state index is 11.7. The van der Waals surface area contributed by atoms with E-state index >= 15 is 0 Å². The first kappa shape index (κ1) is 43.9. The lowest BCUT2D eigenvalue weighted by Gasteiger charge is -2.19. The molecule has 0 spiro atoms. The molecule has 272 valence electrons. The summed E-state index contributed by atoms with van der Waals surface area (Å²) in [5.74, 6) is -0.832. The Hall–Kier alpha value is -5.14. The van der Waals surface area contributed by atoms with Crippen molar-refractivity contribution in [2.24, 2.45) is 5.73 Å². The number of carbonyl (C=O) groups is 4. The zero-order valence-corrected chi connectivity index (χ0v) is 30.0. The second kappa shape index (κ2) is 22.4. The summed E-state index contributed by atoms with van der Waals surface area (Å²) < 4.78 is 15.3. The minimum atomic E-state index is -0.833. The Kier molecular flexibility index (Phi) is 20.1. The van der Waals surface area contributed by atoms with Crippen molar-refractivity contribution in [3.05, 3.63) is 70.8 Å². The quantitative estimate of drug-likeness (QED) is 0.0597. The smallest absolute Gasteiger partial charge is 0.412 e. The molecule has 2 aromatic carbocycles. The number of amides is 3. The fourth-order valence-corrected chi connectivity index (χ4v) is 3.47. The number of carbonyl (C=O) groups excluding carboxylic acids is 3. The monoisotopic (exact) mass is 686 g/mol. The lowest BCUT2D eigenvalue weighted by atomic mass is 10.1. The minimum Gasteiger partial charge on any atom is -0.481 e. The highest BCUT2D eigenvalue weighted by molar-refractivity contribution is 6.04. The summed E-state index contributed by atoms with van der Waals surface area (Å²) in [4.78, 5) is 43.7. The van der Waals surface area contributed by atoms with Crippen molar-refractivity contribution >= 4 is 35.9 Å². The number of rotatable bonds is 11. The van der Waals surface area contributed by atoms with Crippen molar-refractivity contribution < 1.29 is 38.5 Å². The highest BCUT2D eigenvalue weighted by Crippen LogP contribution is 2.09. The second-order valence-corrected chi connectivity index (χ2v) is 12.7. The minimum absolute atomic E-state index is 0.0276. The SMILES string of the molecule is CC(=O)O.CC(C)(C)OC(=O)NCc1ccc(C(=N)N)cc1.CCCCCCOC(=O)NC(=N)c1ccc(CNC(=O)OC(C)(C)C)cc1.